The van der Waals surface area contributed by atoms with Crippen LogP contribution < -0.4 is 0 Å². The van der Waals surface area contributed by atoms with Crippen molar-refractivity contribution in [3.8, 4) is 0 Å². The number of ether oxygens (including phenoxy) is 3. The molecule has 0 aliphatic heterocycles. The van der Waals surface area contributed by atoms with Crippen molar-refractivity contribution in [1.82, 2.24) is 0 Å². The predicted octanol–water partition coefficient (Wildman–Crippen LogP) is 0.115. The summed E-state index contributed by atoms with van der Waals surface area (Å²) in [7, 11) is -2.39. The molecule has 0 bridgehead atoms. The summed E-state index contributed by atoms with van der Waals surface area (Å²) in [5.74, 6) is -0.700. The number of rotatable bonds is 11. The van der Waals surface area contributed by atoms with E-state index in [0.29, 0.717) is 0 Å². The average molecular weight is 296 g/mol. The average Bonchev–Trinajstić information content (AvgIpc) is 2.37. The third kappa shape index (κ3) is 9.60. The standard InChI is InChI=1S/C11H20O7S/c1-4-18-11(12)10(2)9-17-6-5-16-7-8-19(13,14)15-3/h2,4-9H2,1,3H3. The summed E-state index contributed by atoms with van der Waals surface area (Å²) in [5, 5.41) is 0. The van der Waals surface area contributed by atoms with Crippen molar-refractivity contribution in [2.24, 2.45) is 0 Å². The molecule has 0 heterocycles. The van der Waals surface area contributed by atoms with E-state index in [4.69, 9.17) is 14.2 Å². The summed E-state index contributed by atoms with van der Waals surface area (Å²) in [5.41, 5.74) is 0.226. The molecule has 19 heavy (non-hydrogen) atoms. The van der Waals surface area contributed by atoms with Crippen LogP contribution in [0.1, 0.15) is 6.92 Å². The number of carbonyl (C=O) groups excluding carboxylic acids is 1. The van der Waals surface area contributed by atoms with Crippen molar-refractivity contribution in [1.29, 1.82) is 0 Å². The molecule has 0 saturated carbocycles. The van der Waals surface area contributed by atoms with E-state index in [0.717, 1.165) is 7.11 Å². The first kappa shape index (κ1) is 18.0. The lowest BCUT2D eigenvalue weighted by atomic mass is 10.3. The lowest BCUT2D eigenvalue weighted by Crippen LogP contribution is -2.16. The van der Waals surface area contributed by atoms with Gasteiger partial charge in [-0.25, -0.2) is 4.79 Å². The molecule has 0 radical (unpaired) electrons. The van der Waals surface area contributed by atoms with Crippen LogP contribution in [-0.4, -0.2) is 60.3 Å². The summed E-state index contributed by atoms with van der Waals surface area (Å²) < 4.78 is 40.9. The molecule has 7 nitrogen and oxygen atoms in total. The SMILES string of the molecule is C=C(COCCOCCS(=O)(=O)OC)C(=O)OCC. The monoisotopic (exact) mass is 296 g/mol. The Labute approximate surface area is 113 Å². The minimum Gasteiger partial charge on any atom is -0.463 e. The molecule has 0 fully saturated rings. The minimum atomic E-state index is -3.48. The molecule has 0 spiro atoms. The first-order chi connectivity index (χ1) is 8.93. The zero-order chi connectivity index (χ0) is 14.7. The normalized spacial score (nSPS) is 11.3. The third-order valence-electron chi connectivity index (χ3n) is 1.94. The first-order valence-corrected chi connectivity index (χ1v) is 7.29. The van der Waals surface area contributed by atoms with Crippen LogP contribution in [0.2, 0.25) is 0 Å². The molecular weight excluding hydrogens is 276 g/mol. The summed E-state index contributed by atoms with van der Waals surface area (Å²) in [4.78, 5) is 11.1. The van der Waals surface area contributed by atoms with Crippen LogP contribution >= 0.6 is 0 Å². The molecule has 0 saturated heterocycles. The molecule has 0 unspecified atom stereocenters. The molecule has 112 valence electrons. The smallest absolute Gasteiger partial charge is 0.335 e. The highest BCUT2D eigenvalue weighted by atomic mass is 32.2. The van der Waals surface area contributed by atoms with Crippen molar-refractivity contribution in [2.45, 2.75) is 6.92 Å². The fourth-order valence-electron chi connectivity index (χ4n) is 0.952. The van der Waals surface area contributed by atoms with Gasteiger partial charge in [-0.3, -0.25) is 4.18 Å². The summed E-state index contributed by atoms with van der Waals surface area (Å²) in [6, 6.07) is 0. The lowest BCUT2D eigenvalue weighted by Gasteiger charge is -2.07. The summed E-state index contributed by atoms with van der Waals surface area (Å²) >= 11 is 0. The Morgan fingerprint density at radius 1 is 1.16 bits per heavy atom. The molecular formula is C11H20O7S. The second kappa shape index (κ2) is 9.90. The van der Waals surface area contributed by atoms with Gasteiger partial charge in [-0.1, -0.05) is 6.58 Å². The van der Waals surface area contributed by atoms with Crippen molar-refractivity contribution < 1.29 is 31.6 Å². The second-order valence-electron chi connectivity index (χ2n) is 3.42. The van der Waals surface area contributed by atoms with Crippen LogP contribution in [-0.2, 0) is 33.3 Å². The van der Waals surface area contributed by atoms with E-state index in [1.807, 2.05) is 0 Å². The highest BCUT2D eigenvalue weighted by Crippen LogP contribution is 1.96. The van der Waals surface area contributed by atoms with E-state index in [1.54, 1.807) is 6.92 Å². The number of hydrogen-bond acceptors (Lipinski definition) is 7. The molecule has 0 aromatic carbocycles. The van der Waals surface area contributed by atoms with Crippen LogP contribution in [0.3, 0.4) is 0 Å². The maximum atomic E-state index is 11.1. The Bertz CT molecular complexity index is 375. The fourth-order valence-corrected chi connectivity index (χ4v) is 1.44. The molecule has 0 aromatic heterocycles. The minimum absolute atomic E-state index is 0.0261. The molecule has 0 aromatic rings. The van der Waals surface area contributed by atoms with Gasteiger partial charge in [-0.15, -0.1) is 0 Å². The van der Waals surface area contributed by atoms with E-state index in [1.165, 1.54) is 0 Å². The van der Waals surface area contributed by atoms with Gasteiger partial charge in [0.1, 0.15) is 0 Å². The van der Waals surface area contributed by atoms with E-state index in [2.05, 4.69) is 10.8 Å². The zero-order valence-electron chi connectivity index (χ0n) is 11.2. The molecule has 0 amide bonds. The van der Waals surface area contributed by atoms with Gasteiger partial charge in [-0.05, 0) is 6.92 Å². The van der Waals surface area contributed by atoms with Gasteiger partial charge in [0.15, 0.2) is 0 Å². The highest BCUT2D eigenvalue weighted by molar-refractivity contribution is 7.86. The number of hydrogen-bond donors (Lipinski definition) is 0. The Kier molecular flexibility index (Phi) is 9.40. The molecule has 0 aliphatic rings. The Morgan fingerprint density at radius 2 is 1.79 bits per heavy atom. The lowest BCUT2D eigenvalue weighted by molar-refractivity contribution is -0.139. The van der Waals surface area contributed by atoms with E-state index < -0.39 is 16.1 Å². The summed E-state index contributed by atoms with van der Waals surface area (Å²) in [6.45, 7) is 6.03. The van der Waals surface area contributed by atoms with Crippen molar-refractivity contribution in [3.63, 3.8) is 0 Å². The quantitative estimate of drug-likeness (QED) is 0.231. The van der Waals surface area contributed by atoms with E-state index >= 15 is 0 Å². The van der Waals surface area contributed by atoms with Gasteiger partial charge in [0, 0.05) is 0 Å². The first-order valence-electron chi connectivity index (χ1n) is 5.71. The van der Waals surface area contributed by atoms with Gasteiger partial charge < -0.3 is 14.2 Å². The van der Waals surface area contributed by atoms with Gasteiger partial charge in [-0.2, -0.15) is 8.42 Å². The van der Waals surface area contributed by atoms with Crippen LogP contribution in [0.4, 0.5) is 0 Å². The molecule has 0 rings (SSSR count). The molecule has 0 atom stereocenters. The zero-order valence-corrected chi connectivity index (χ0v) is 12.0. The van der Waals surface area contributed by atoms with Crippen LogP contribution in [0, 0.1) is 0 Å². The maximum absolute atomic E-state index is 11.1. The van der Waals surface area contributed by atoms with Gasteiger partial charge >= 0.3 is 5.97 Å². The topological polar surface area (TPSA) is 88.1 Å². The van der Waals surface area contributed by atoms with Gasteiger partial charge in [0.05, 0.1) is 51.5 Å². The van der Waals surface area contributed by atoms with Crippen LogP contribution in [0.15, 0.2) is 12.2 Å². The Hall–Kier alpha value is -0.960. The number of esters is 1. The van der Waals surface area contributed by atoms with Crippen molar-refractivity contribution in [3.05, 3.63) is 12.2 Å². The molecule has 0 aliphatic carbocycles. The second-order valence-corrected chi connectivity index (χ2v) is 5.27. The highest BCUT2D eigenvalue weighted by Gasteiger charge is 2.08. The maximum Gasteiger partial charge on any atom is 0.335 e. The van der Waals surface area contributed by atoms with Gasteiger partial charge in [0.25, 0.3) is 10.1 Å². The Morgan fingerprint density at radius 3 is 2.37 bits per heavy atom. The van der Waals surface area contributed by atoms with Crippen molar-refractivity contribution in [2.75, 3.05) is 45.9 Å². The van der Waals surface area contributed by atoms with Crippen molar-refractivity contribution >= 4 is 16.1 Å². The van der Waals surface area contributed by atoms with Crippen LogP contribution in [0.5, 0.6) is 0 Å². The predicted molar refractivity (Wildman–Crippen MR) is 68.2 cm³/mol. The largest absolute Gasteiger partial charge is 0.463 e. The molecule has 0 N–H and O–H groups in total. The summed E-state index contributed by atoms with van der Waals surface area (Å²) in [6.07, 6.45) is 0. The number of carbonyl (C=O) groups is 1. The Balaban J connectivity index is 3.51. The van der Waals surface area contributed by atoms with Crippen LogP contribution in [0.25, 0.3) is 0 Å². The van der Waals surface area contributed by atoms with E-state index in [9.17, 15) is 13.2 Å². The molecule has 8 heteroatoms. The third-order valence-corrected chi connectivity index (χ3v) is 3.12. The van der Waals surface area contributed by atoms with Gasteiger partial charge in [0.2, 0.25) is 0 Å². The fraction of sp³-hybridized carbons (Fsp3) is 0.727. The van der Waals surface area contributed by atoms with E-state index in [-0.39, 0.29) is 44.4 Å².